The molecule has 1 aromatic carbocycles. The zero-order valence-corrected chi connectivity index (χ0v) is 16.0. The van der Waals surface area contributed by atoms with E-state index in [9.17, 15) is 0 Å². The van der Waals surface area contributed by atoms with Crippen molar-refractivity contribution < 1.29 is 4.74 Å². The predicted octanol–water partition coefficient (Wildman–Crippen LogP) is 3.31. The van der Waals surface area contributed by atoms with Gasteiger partial charge in [-0.1, -0.05) is 37.3 Å². The van der Waals surface area contributed by atoms with Crippen LogP contribution < -0.4 is 4.74 Å². The fourth-order valence-corrected chi connectivity index (χ4v) is 3.67. The molecule has 0 amide bonds. The number of ether oxygens (including phenoxy) is 1. The molecule has 3 heterocycles. The number of aromatic nitrogens is 6. The first kappa shape index (κ1) is 16.7. The second kappa shape index (κ2) is 6.53. The largest absolute Gasteiger partial charge is 0.497 e. The summed E-state index contributed by atoms with van der Waals surface area (Å²) < 4.78 is 8.91. The van der Waals surface area contributed by atoms with Gasteiger partial charge in [0.25, 0.3) is 0 Å². The maximum atomic E-state index is 5.20. The molecule has 0 saturated heterocycles. The van der Waals surface area contributed by atoms with Gasteiger partial charge >= 0.3 is 0 Å². The number of rotatable bonds is 5. The number of benzene rings is 1. The molecule has 0 aliphatic rings. The van der Waals surface area contributed by atoms with E-state index in [0.717, 1.165) is 38.5 Å². The summed E-state index contributed by atoms with van der Waals surface area (Å²) in [6.45, 7) is 4.27. The highest BCUT2D eigenvalue weighted by atomic mass is 32.1. The van der Waals surface area contributed by atoms with Gasteiger partial charge in [0.15, 0.2) is 10.8 Å². The molecule has 0 spiro atoms. The Balaban J connectivity index is 1.66. The van der Waals surface area contributed by atoms with E-state index in [1.54, 1.807) is 7.11 Å². The zero-order chi connectivity index (χ0) is 18.3. The Bertz CT molecular complexity index is 1040. The van der Waals surface area contributed by atoms with Gasteiger partial charge in [-0.25, -0.2) is 0 Å². The number of methoxy groups -OCH3 is 1. The third-order valence-corrected chi connectivity index (χ3v) is 5.21. The van der Waals surface area contributed by atoms with E-state index >= 15 is 0 Å². The van der Waals surface area contributed by atoms with Crippen LogP contribution in [-0.2, 0) is 13.5 Å². The first-order valence-electron chi connectivity index (χ1n) is 8.43. The van der Waals surface area contributed by atoms with Gasteiger partial charge in [0, 0.05) is 13.5 Å². The summed E-state index contributed by atoms with van der Waals surface area (Å²) in [7, 11) is 3.61. The van der Waals surface area contributed by atoms with E-state index < -0.39 is 0 Å². The van der Waals surface area contributed by atoms with E-state index in [1.807, 2.05) is 40.5 Å². The lowest BCUT2D eigenvalue weighted by Gasteiger charge is -2.01. The van der Waals surface area contributed by atoms with Gasteiger partial charge < -0.3 is 4.74 Å². The molecule has 0 N–H and O–H groups in total. The SMILES string of the molecule is COc1ccc(Cc2nnc3sc(-c4cc(C(C)C)nn4C)nn23)cc1. The molecule has 0 bridgehead atoms. The van der Waals surface area contributed by atoms with Crippen LogP contribution in [-0.4, -0.2) is 36.7 Å². The lowest BCUT2D eigenvalue weighted by Crippen LogP contribution is -1.99. The average molecular weight is 368 g/mol. The molecule has 0 atom stereocenters. The van der Waals surface area contributed by atoms with Crippen molar-refractivity contribution >= 4 is 16.3 Å². The molecule has 8 heteroatoms. The van der Waals surface area contributed by atoms with E-state index in [1.165, 1.54) is 11.3 Å². The molecule has 4 rings (SSSR count). The van der Waals surface area contributed by atoms with E-state index in [4.69, 9.17) is 9.84 Å². The third-order valence-electron chi connectivity index (χ3n) is 4.29. The Labute approximate surface area is 155 Å². The van der Waals surface area contributed by atoms with Crippen LogP contribution in [0.1, 0.15) is 36.8 Å². The van der Waals surface area contributed by atoms with Crippen molar-refractivity contribution in [1.82, 2.24) is 29.6 Å². The van der Waals surface area contributed by atoms with Crippen molar-refractivity contribution in [1.29, 1.82) is 0 Å². The summed E-state index contributed by atoms with van der Waals surface area (Å²) in [5, 5.41) is 18.8. The van der Waals surface area contributed by atoms with Crippen molar-refractivity contribution in [3.8, 4) is 16.5 Å². The van der Waals surface area contributed by atoms with Crippen molar-refractivity contribution in [2.45, 2.75) is 26.2 Å². The molecule has 3 aromatic heterocycles. The summed E-state index contributed by atoms with van der Waals surface area (Å²) in [4.78, 5) is 0.788. The Morgan fingerprint density at radius 1 is 1.12 bits per heavy atom. The minimum absolute atomic E-state index is 0.381. The van der Waals surface area contributed by atoms with Crippen LogP contribution in [0.4, 0.5) is 0 Å². The third kappa shape index (κ3) is 2.96. The first-order valence-corrected chi connectivity index (χ1v) is 9.25. The molecule has 0 aliphatic heterocycles. The van der Waals surface area contributed by atoms with Gasteiger partial charge in [-0.2, -0.15) is 14.7 Å². The van der Waals surface area contributed by atoms with Crippen molar-refractivity contribution in [3.05, 3.63) is 47.4 Å². The van der Waals surface area contributed by atoms with Crippen molar-refractivity contribution in [3.63, 3.8) is 0 Å². The van der Waals surface area contributed by atoms with E-state index in [2.05, 4.69) is 35.2 Å². The molecule has 0 aliphatic carbocycles. The Hall–Kier alpha value is -2.74. The summed E-state index contributed by atoms with van der Waals surface area (Å²) in [5.74, 6) is 2.04. The number of nitrogens with zero attached hydrogens (tertiary/aromatic N) is 6. The van der Waals surface area contributed by atoms with Gasteiger partial charge in [-0.05, 0) is 29.7 Å². The molecular formula is C18H20N6OS. The zero-order valence-electron chi connectivity index (χ0n) is 15.2. The van der Waals surface area contributed by atoms with Gasteiger partial charge in [0.05, 0.1) is 18.5 Å². The van der Waals surface area contributed by atoms with Gasteiger partial charge in [-0.3, -0.25) is 4.68 Å². The molecule has 0 fully saturated rings. The molecule has 4 aromatic rings. The van der Waals surface area contributed by atoms with Crippen LogP contribution in [0.2, 0.25) is 0 Å². The minimum Gasteiger partial charge on any atom is -0.497 e. The van der Waals surface area contributed by atoms with Crippen LogP contribution in [0.25, 0.3) is 15.7 Å². The Morgan fingerprint density at radius 3 is 2.54 bits per heavy atom. The number of hydrogen-bond acceptors (Lipinski definition) is 6. The summed E-state index contributed by atoms with van der Waals surface area (Å²) in [6.07, 6.45) is 0.664. The average Bonchev–Trinajstić information content (AvgIpc) is 3.31. The highest BCUT2D eigenvalue weighted by Crippen LogP contribution is 2.28. The number of hydrogen-bond donors (Lipinski definition) is 0. The van der Waals surface area contributed by atoms with Crippen LogP contribution >= 0.6 is 11.3 Å². The topological polar surface area (TPSA) is 70.1 Å². The molecule has 7 nitrogen and oxygen atoms in total. The number of aryl methyl sites for hydroxylation is 1. The highest BCUT2D eigenvalue weighted by Gasteiger charge is 2.17. The Kier molecular flexibility index (Phi) is 4.20. The quantitative estimate of drug-likeness (QED) is 0.540. The van der Waals surface area contributed by atoms with Gasteiger partial charge in [0.2, 0.25) is 4.96 Å². The normalized spacial score (nSPS) is 11.6. The second-order valence-electron chi connectivity index (χ2n) is 6.48. The lowest BCUT2D eigenvalue weighted by atomic mass is 10.1. The van der Waals surface area contributed by atoms with E-state index in [-0.39, 0.29) is 0 Å². The van der Waals surface area contributed by atoms with Crippen molar-refractivity contribution in [2.24, 2.45) is 7.05 Å². The van der Waals surface area contributed by atoms with Gasteiger partial charge in [-0.15, -0.1) is 10.2 Å². The lowest BCUT2D eigenvalue weighted by molar-refractivity contribution is 0.414. The highest BCUT2D eigenvalue weighted by molar-refractivity contribution is 7.19. The maximum absolute atomic E-state index is 5.20. The van der Waals surface area contributed by atoms with Crippen LogP contribution in [0.3, 0.4) is 0 Å². The monoisotopic (exact) mass is 368 g/mol. The van der Waals surface area contributed by atoms with Crippen LogP contribution in [0.5, 0.6) is 5.75 Å². The molecule has 0 radical (unpaired) electrons. The van der Waals surface area contributed by atoms with Crippen LogP contribution in [0, 0.1) is 0 Å². The molecule has 134 valence electrons. The minimum atomic E-state index is 0.381. The smallest absolute Gasteiger partial charge is 0.235 e. The standard InChI is InChI=1S/C18H20N6OS/c1-11(2)14-10-15(23(3)21-14)17-22-24-16(19-20-18(24)26-17)9-12-5-7-13(25-4)8-6-12/h5-8,10-11H,9H2,1-4H3. The summed E-state index contributed by atoms with van der Waals surface area (Å²) in [5.41, 5.74) is 3.20. The fraction of sp³-hybridized carbons (Fsp3) is 0.333. The second-order valence-corrected chi connectivity index (χ2v) is 7.43. The van der Waals surface area contributed by atoms with Gasteiger partial charge in [0.1, 0.15) is 5.75 Å². The molecular weight excluding hydrogens is 348 g/mol. The molecule has 0 saturated carbocycles. The maximum Gasteiger partial charge on any atom is 0.235 e. The van der Waals surface area contributed by atoms with Crippen molar-refractivity contribution in [2.75, 3.05) is 7.11 Å². The first-order chi connectivity index (χ1) is 12.5. The summed E-state index contributed by atoms with van der Waals surface area (Å²) in [6, 6.07) is 10.1. The fourth-order valence-electron chi connectivity index (χ4n) is 2.77. The number of fused-ring (bicyclic) bond motifs is 1. The predicted molar refractivity (Wildman–Crippen MR) is 101 cm³/mol. The Morgan fingerprint density at radius 2 is 1.88 bits per heavy atom. The summed E-state index contributed by atoms with van der Waals surface area (Å²) >= 11 is 1.52. The molecule has 0 unspecified atom stereocenters. The van der Waals surface area contributed by atoms with Crippen LogP contribution in [0.15, 0.2) is 30.3 Å². The molecule has 26 heavy (non-hydrogen) atoms. The van der Waals surface area contributed by atoms with E-state index in [0.29, 0.717) is 12.3 Å².